The monoisotopic (exact) mass is 836 g/mol. The van der Waals surface area contributed by atoms with E-state index >= 15 is 0 Å². The van der Waals surface area contributed by atoms with Crippen LogP contribution in [0.3, 0.4) is 0 Å². The number of piperidine rings is 2. The van der Waals surface area contributed by atoms with Crippen molar-refractivity contribution in [2.24, 2.45) is 27.6 Å². The Labute approximate surface area is 355 Å². The minimum atomic E-state index is -0.979. The number of carbonyl (C=O) groups is 6. The molecule has 60 heavy (non-hydrogen) atoms. The lowest BCUT2D eigenvalue weighted by molar-refractivity contribution is -0.181. The third-order valence-corrected chi connectivity index (χ3v) is 15.9. The first-order valence-electron chi connectivity index (χ1n) is 21.5. The SMILES string of the molecule is CC1(C)C(NC(=O)C23CCC(C(=O)N4CCC(CN5Cc6cc7c(cc6C5)C(=O)N(C5CCC(=O)NC5=O)C7=O)CC4)(CC2)CC3)C(C)(C)C1Oc1ccc(C#N)c(Cl)c1. The van der Waals surface area contributed by atoms with E-state index < -0.39 is 40.5 Å². The summed E-state index contributed by atoms with van der Waals surface area (Å²) < 4.78 is 6.44. The summed E-state index contributed by atoms with van der Waals surface area (Å²) in [4.78, 5) is 84.7. The summed E-state index contributed by atoms with van der Waals surface area (Å²) in [5.41, 5.74) is 1.48. The molecule has 1 atom stereocenters. The lowest BCUT2D eigenvalue weighted by atomic mass is 9.48. The summed E-state index contributed by atoms with van der Waals surface area (Å²) in [5.74, 6) is -0.614. The Bertz CT molecular complexity index is 2190. The summed E-state index contributed by atoms with van der Waals surface area (Å²) >= 11 is 6.29. The fraction of sp³-hybridized carbons (Fsp3) is 0.587. The van der Waals surface area contributed by atoms with Crippen LogP contribution < -0.4 is 15.4 Å². The molecule has 6 amide bonds. The van der Waals surface area contributed by atoms with Crippen LogP contribution in [-0.4, -0.2) is 88.0 Å². The van der Waals surface area contributed by atoms with E-state index in [4.69, 9.17) is 16.3 Å². The highest BCUT2D eigenvalue weighted by Crippen LogP contribution is 2.60. The summed E-state index contributed by atoms with van der Waals surface area (Å²) in [6.07, 6.45) is 6.17. The fourth-order valence-corrected chi connectivity index (χ4v) is 12.5. The molecule has 2 saturated heterocycles. The zero-order valence-electron chi connectivity index (χ0n) is 34.8. The molecule has 6 fully saturated rings. The molecule has 0 spiro atoms. The highest BCUT2D eigenvalue weighted by Gasteiger charge is 2.65. The average Bonchev–Trinajstić information content (AvgIpc) is 3.73. The standard InChI is InChI=1S/C46H53ClN6O7/c1-43(2)39(44(3,4)40(43)60-30-6-5-27(22-48)33(47)21-30)50-41(58)45-11-14-46(15-12-45,16-13-45)42(59)52-17-9-26(10-18-52)23-51-24-28-19-31-32(20-29(28)25-51)38(57)53(37(31)56)34-7-8-35(54)49-36(34)55/h5-6,19-21,26,34,39-40H,7-18,23-25H2,1-4H3,(H,50,58)(H,49,54,55). The second-order valence-electron chi connectivity index (χ2n) is 19.9. The molecule has 2 N–H and O–H groups in total. The lowest BCUT2D eigenvalue weighted by Gasteiger charge is -2.64. The number of nitriles is 1. The zero-order valence-corrected chi connectivity index (χ0v) is 35.6. The Morgan fingerprint density at radius 1 is 0.867 bits per heavy atom. The molecule has 4 saturated carbocycles. The average molecular weight is 837 g/mol. The molecule has 4 aliphatic carbocycles. The molecule has 2 aromatic rings. The number of imide groups is 2. The lowest BCUT2D eigenvalue weighted by Crippen LogP contribution is -2.75. The van der Waals surface area contributed by atoms with Gasteiger partial charge in [-0.1, -0.05) is 39.3 Å². The van der Waals surface area contributed by atoms with Gasteiger partial charge >= 0.3 is 0 Å². The molecule has 8 aliphatic rings. The molecule has 10 rings (SSSR count). The zero-order chi connectivity index (χ0) is 42.5. The predicted molar refractivity (Wildman–Crippen MR) is 219 cm³/mol. The molecular weight excluding hydrogens is 784 g/mol. The van der Waals surface area contributed by atoms with Crippen molar-refractivity contribution in [2.45, 2.75) is 123 Å². The maximum absolute atomic E-state index is 14.2. The first-order valence-corrected chi connectivity index (χ1v) is 21.9. The maximum Gasteiger partial charge on any atom is 0.262 e. The van der Waals surface area contributed by atoms with Gasteiger partial charge in [-0.15, -0.1) is 0 Å². The molecule has 2 aromatic carbocycles. The van der Waals surface area contributed by atoms with Crippen LogP contribution in [0.5, 0.6) is 5.75 Å². The molecule has 1 unspecified atom stereocenters. The van der Waals surface area contributed by atoms with Crippen molar-refractivity contribution in [1.29, 1.82) is 5.26 Å². The number of carbonyl (C=O) groups excluding carboxylic acids is 6. The van der Waals surface area contributed by atoms with Crippen LogP contribution in [0.25, 0.3) is 0 Å². The van der Waals surface area contributed by atoms with Crippen molar-refractivity contribution in [3.05, 3.63) is 63.2 Å². The summed E-state index contributed by atoms with van der Waals surface area (Å²) in [6, 6.07) is 9.71. The van der Waals surface area contributed by atoms with Crippen molar-refractivity contribution < 1.29 is 33.5 Å². The Morgan fingerprint density at radius 3 is 2.00 bits per heavy atom. The van der Waals surface area contributed by atoms with Crippen LogP contribution in [0, 0.1) is 38.9 Å². The van der Waals surface area contributed by atoms with Gasteiger partial charge in [0, 0.05) is 72.9 Å². The normalized spacial score (nSPS) is 30.6. The fourth-order valence-electron chi connectivity index (χ4n) is 12.3. The van der Waals surface area contributed by atoms with E-state index in [9.17, 15) is 34.0 Å². The van der Waals surface area contributed by atoms with Gasteiger partial charge in [-0.2, -0.15) is 5.26 Å². The van der Waals surface area contributed by atoms with Gasteiger partial charge in [-0.05, 0) is 99.1 Å². The minimum absolute atomic E-state index is 0.0856. The van der Waals surface area contributed by atoms with Crippen molar-refractivity contribution in [2.75, 3.05) is 19.6 Å². The van der Waals surface area contributed by atoms with Gasteiger partial charge in [0.2, 0.25) is 23.6 Å². The van der Waals surface area contributed by atoms with Crippen molar-refractivity contribution >= 4 is 47.0 Å². The maximum atomic E-state index is 14.2. The van der Waals surface area contributed by atoms with Gasteiger partial charge in [0.15, 0.2) is 0 Å². The number of benzene rings is 2. The number of ether oxygens (including phenoxy) is 1. The van der Waals surface area contributed by atoms with Crippen LogP contribution in [-0.2, 0) is 32.3 Å². The number of halogens is 1. The Hall–Kier alpha value is -4.80. The second kappa shape index (κ2) is 14.4. The van der Waals surface area contributed by atoms with Crippen LogP contribution in [0.2, 0.25) is 5.02 Å². The van der Waals surface area contributed by atoms with Crippen LogP contribution >= 0.6 is 11.6 Å². The van der Waals surface area contributed by atoms with E-state index in [-0.39, 0.29) is 47.6 Å². The van der Waals surface area contributed by atoms with Gasteiger partial charge < -0.3 is 15.0 Å². The van der Waals surface area contributed by atoms with Crippen LogP contribution in [0.4, 0.5) is 0 Å². The van der Waals surface area contributed by atoms with E-state index in [1.165, 1.54) is 0 Å². The summed E-state index contributed by atoms with van der Waals surface area (Å²) in [5, 5.41) is 15.3. The second-order valence-corrected chi connectivity index (χ2v) is 20.3. The molecule has 4 aliphatic heterocycles. The molecule has 4 heterocycles. The highest BCUT2D eigenvalue weighted by atomic mass is 35.5. The Kier molecular flexibility index (Phi) is 9.75. The highest BCUT2D eigenvalue weighted by molar-refractivity contribution is 6.31. The Morgan fingerprint density at radius 2 is 1.45 bits per heavy atom. The van der Waals surface area contributed by atoms with E-state index in [1.807, 2.05) is 0 Å². The number of fused-ring (bicyclic) bond motifs is 5. The van der Waals surface area contributed by atoms with Gasteiger partial charge in [0.1, 0.15) is 24.0 Å². The van der Waals surface area contributed by atoms with Crippen molar-refractivity contribution in [1.82, 2.24) is 25.3 Å². The molecule has 14 heteroatoms. The first kappa shape index (κ1) is 40.6. The van der Waals surface area contributed by atoms with Crippen molar-refractivity contribution in [3.8, 4) is 11.8 Å². The number of nitrogens with zero attached hydrogens (tertiary/aromatic N) is 4. The predicted octanol–water partition coefficient (Wildman–Crippen LogP) is 5.51. The number of likely N-dealkylation sites (tertiary alicyclic amines) is 1. The van der Waals surface area contributed by atoms with E-state index in [0.29, 0.717) is 65.7 Å². The largest absolute Gasteiger partial charge is 0.489 e. The van der Waals surface area contributed by atoms with E-state index in [0.717, 1.165) is 67.8 Å². The quantitative estimate of drug-likeness (QED) is 0.326. The molecule has 316 valence electrons. The van der Waals surface area contributed by atoms with Gasteiger partial charge in [-0.3, -0.25) is 43.9 Å². The molecule has 2 bridgehead atoms. The minimum Gasteiger partial charge on any atom is -0.489 e. The molecular formula is C46H53ClN6O7. The summed E-state index contributed by atoms with van der Waals surface area (Å²) in [6.45, 7) is 12.1. The number of hydrogen-bond acceptors (Lipinski definition) is 9. The number of nitrogens with one attached hydrogen (secondary N) is 2. The van der Waals surface area contributed by atoms with Crippen LogP contribution in [0.15, 0.2) is 30.3 Å². The molecule has 0 aromatic heterocycles. The number of hydrogen-bond donors (Lipinski definition) is 2. The van der Waals surface area contributed by atoms with Gasteiger partial charge in [0.25, 0.3) is 11.8 Å². The smallest absolute Gasteiger partial charge is 0.262 e. The van der Waals surface area contributed by atoms with Gasteiger partial charge in [-0.25, -0.2) is 0 Å². The van der Waals surface area contributed by atoms with E-state index in [1.54, 1.807) is 30.3 Å². The van der Waals surface area contributed by atoms with Gasteiger partial charge in [0.05, 0.1) is 21.7 Å². The number of rotatable bonds is 8. The topological polar surface area (TPSA) is 169 Å². The molecule has 0 radical (unpaired) electrons. The third-order valence-electron chi connectivity index (χ3n) is 15.6. The van der Waals surface area contributed by atoms with Crippen LogP contribution in [0.1, 0.15) is 129 Å². The van der Waals surface area contributed by atoms with E-state index in [2.05, 4.69) is 54.2 Å². The van der Waals surface area contributed by atoms with Crippen molar-refractivity contribution in [3.63, 3.8) is 0 Å². The first-order chi connectivity index (χ1) is 28.5. The summed E-state index contributed by atoms with van der Waals surface area (Å²) in [7, 11) is 0. The molecule has 13 nitrogen and oxygen atoms in total. The Balaban J connectivity index is 0.754. The number of amides is 6. The third kappa shape index (κ3) is 6.43.